The number of nitrogens with zero attached hydrogens (tertiary/aromatic N) is 3. The van der Waals surface area contributed by atoms with Crippen molar-refractivity contribution in [1.29, 1.82) is 0 Å². The first kappa shape index (κ1) is 22.5. The number of fused-ring (bicyclic) bond motifs is 1. The molecule has 8 nitrogen and oxygen atoms in total. The molecule has 0 aliphatic carbocycles. The van der Waals surface area contributed by atoms with Crippen LogP contribution in [-0.2, 0) is 4.79 Å². The smallest absolute Gasteiger partial charge is 0.387 e. The second kappa shape index (κ2) is 9.41. The Balaban J connectivity index is 1.70. The van der Waals surface area contributed by atoms with E-state index in [0.29, 0.717) is 22.3 Å². The third kappa shape index (κ3) is 5.03. The van der Waals surface area contributed by atoms with E-state index >= 15 is 0 Å². The third-order valence-corrected chi connectivity index (χ3v) is 5.64. The lowest BCUT2D eigenvalue weighted by molar-refractivity contribution is -0.115. The van der Waals surface area contributed by atoms with Crippen molar-refractivity contribution in [1.82, 2.24) is 14.7 Å². The van der Waals surface area contributed by atoms with Crippen LogP contribution in [-0.4, -0.2) is 32.5 Å². The second-order valence-corrected chi connectivity index (χ2v) is 8.31. The molecular formula is C22H18F2N4O4S. The van der Waals surface area contributed by atoms with E-state index in [2.05, 4.69) is 20.2 Å². The molecule has 0 aliphatic rings. The lowest BCUT2D eigenvalue weighted by Gasteiger charge is -2.16. The predicted molar refractivity (Wildman–Crippen MR) is 119 cm³/mol. The van der Waals surface area contributed by atoms with Crippen LogP contribution in [0.5, 0.6) is 5.75 Å². The van der Waals surface area contributed by atoms with Gasteiger partial charge in [-0.15, -0.1) is 0 Å². The number of hydrogen-bond acceptors (Lipinski definition) is 7. The minimum absolute atomic E-state index is 0.0418. The molecule has 1 N–H and O–H groups in total. The molecule has 2 heterocycles. The van der Waals surface area contributed by atoms with Gasteiger partial charge in [0.1, 0.15) is 5.75 Å². The van der Waals surface area contributed by atoms with Gasteiger partial charge in [0.25, 0.3) is 5.56 Å². The van der Waals surface area contributed by atoms with Crippen molar-refractivity contribution in [3.63, 3.8) is 0 Å². The van der Waals surface area contributed by atoms with Gasteiger partial charge in [-0.25, -0.2) is 4.98 Å². The predicted octanol–water partition coefficient (Wildman–Crippen LogP) is 4.40. The molecule has 0 bridgehead atoms. The van der Waals surface area contributed by atoms with Crippen LogP contribution in [0.4, 0.5) is 14.7 Å². The third-order valence-electron chi connectivity index (χ3n) is 4.59. The molecule has 0 saturated heterocycles. The number of carbonyl (C=O) groups is 1. The molecule has 11 heteroatoms. The molecule has 0 spiro atoms. The lowest BCUT2D eigenvalue weighted by Crippen LogP contribution is -2.26. The average Bonchev–Trinajstić information content (AvgIpc) is 3.19. The van der Waals surface area contributed by atoms with Gasteiger partial charge in [0.2, 0.25) is 11.8 Å². The summed E-state index contributed by atoms with van der Waals surface area (Å²) < 4.78 is 35.7. The number of rotatable bonds is 7. The van der Waals surface area contributed by atoms with E-state index in [1.165, 1.54) is 28.8 Å². The summed E-state index contributed by atoms with van der Waals surface area (Å²) in [6, 6.07) is 14.0. The summed E-state index contributed by atoms with van der Waals surface area (Å²) in [5.74, 6) is -0.200. The standard InChI is InChI=1S/C22H18F2N4O4S/c1-12-11-18(32-27-12)26-19(29)13(2)33-22-25-17-6-4-3-5-16(17)20(30)28(22)14-7-9-15(10-8-14)31-21(23)24/h3-11,13,21H,1-2H3,(H,26,29). The molecule has 0 radical (unpaired) electrons. The molecule has 4 aromatic rings. The zero-order valence-corrected chi connectivity index (χ0v) is 18.3. The highest BCUT2D eigenvalue weighted by Gasteiger charge is 2.21. The minimum atomic E-state index is -2.96. The number of hydrogen-bond donors (Lipinski definition) is 1. The van der Waals surface area contributed by atoms with Crippen LogP contribution in [0.2, 0.25) is 0 Å². The number of amides is 1. The lowest BCUT2D eigenvalue weighted by atomic mass is 10.2. The van der Waals surface area contributed by atoms with E-state index in [1.54, 1.807) is 44.2 Å². The topological polar surface area (TPSA) is 99.2 Å². The molecule has 33 heavy (non-hydrogen) atoms. The summed E-state index contributed by atoms with van der Waals surface area (Å²) in [5.41, 5.74) is 1.12. The van der Waals surface area contributed by atoms with Gasteiger partial charge in [-0.1, -0.05) is 29.1 Å². The summed E-state index contributed by atoms with van der Waals surface area (Å²) in [5, 5.41) is 6.34. The van der Waals surface area contributed by atoms with Gasteiger partial charge in [-0.3, -0.25) is 19.5 Å². The molecular weight excluding hydrogens is 454 g/mol. The van der Waals surface area contributed by atoms with E-state index in [0.717, 1.165) is 11.8 Å². The van der Waals surface area contributed by atoms with Crippen molar-refractivity contribution in [3.8, 4) is 11.4 Å². The first-order valence-corrected chi connectivity index (χ1v) is 10.7. The molecule has 0 aliphatic heterocycles. The number of para-hydroxylation sites is 1. The van der Waals surface area contributed by atoms with Crippen molar-refractivity contribution < 1.29 is 22.8 Å². The summed E-state index contributed by atoms with van der Waals surface area (Å²) in [7, 11) is 0. The Kier molecular flexibility index (Phi) is 6.40. The zero-order valence-electron chi connectivity index (χ0n) is 17.5. The van der Waals surface area contributed by atoms with Crippen molar-refractivity contribution in [2.75, 3.05) is 5.32 Å². The molecule has 170 valence electrons. The Morgan fingerprint density at radius 2 is 1.91 bits per heavy atom. The number of carbonyl (C=O) groups excluding carboxylic acids is 1. The fourth-order valence-electron chi connectivity index (χ4n) is 3.05. The van der Waals surface area contributed by atoms with Crippen LogP contribution in [0.25, 0.3) is 16.6 Å². The van der Waals surface area contributed by atoms with E-state index in [1.807, 2.05) is 0 Å². The van der Waals surface area contributed by atoms with Crippen molar-refractivity contribution in [2.24, 2.45) is 0 Å². The number of ether oxygens (including phenoxy) is 1. The summed E-state index contributed by atoms with van der Waals surface area (Å²) in [6.45, 7) is 0.431. The summed E-state index contributed by atoms with van der Waals surface area (Å²) in [4.78, 5) is 30.5. The molecule has 0 fully saturated rings. The number of thioether (sulfide) groups is 1. The Labute approximate surface area is 190 Å². The van der Waals surface area contributed by atoms with E-state index in [4.69, 9.17) is 4.52 Å². The zero-order chi connectivity index (χ0) is 23.5. The maximum atomic E-state index is 13.3. The Bertz CT molecular complexity index is 1350. The van der Waals surface area contributed by atoms with Crippen LogP contribution in [0, 0.1) is 6.92 Å². The Morgan fingerprint density at radius 3 is 2.58 bits per heavy atom. The van der Waals surface area contributed by atoms with Gasteiger partial charge < -0.3 is 9.26 Å². The monoisotopic (exact) mass is 472 g/mol. The number of nitrogens with one attached hydrogen (secondary N) is 1. The van der Waals surface area contributed by atoms with Crippen LogP contribution in [0.3, 0.4) is 0 Å². The van der Waals surface area contributed by atoms with E-state index in [-0.39, 0.29) is 28.3 Å². The van der Waals surface area contributed by atoms with Crippen molar-refractivity contribution in [3.05, 3.63) is 70.6 Å². The molecule has 2 aromatic carbocycles. The normalized spacial score (nSPS) is 12.2. The molecule has 0 saturated carbocycles. The molecule has 2 aromatic heterocycles. The van der Waals surface area contributed by atoms with E-state index in [9.17, 15) is 18.4 Å². The highest BCUT2D eigenvalue weighted by Crippen LogP contribution is 2.27. The van der Waals surface area contributed by atoms with Crippen LogP contribution in [0.15, 0.2) is 69.1 Å². The van der Waals surface area contributed by atoms with E-state index < -0.39 is 11.9 Å². The largest absolute Gasteiger partial charge is 0.435 e. The quantitative estimate of drug-likeness (QED) is 0.314. The van der Waals surface area contributed by atoms with Crippen LogP contribution in [0.1, 0.15) is 12.6 Å². The highest BCUT2D eigenvalue weighted by atomic mass is 32.2. The van der Waals surface area contributed by atoms with Crippen LogP contribution < -0.4 is 15.6 Å². The fourth-order valence-corrected chi connectivity index (χ4v) is 3.98. The summed E-state index contributed by atoms with van der Waals surface area (Å²) in [6.07, 6.45) is 0. The summed E-state index contributed by atoms with van der Waals surface area (Å²) >= 11 is 1.07. The molecule has 1 unspecified atom stereocenters. The van der Waals surface area contributed by atoms with Gasteiger partial charge in [-0.2, -0.15) is 8.78 Å². The Hall–Kier alpha value is -3.73. The second-order valence-electron chi connectivity index (χ2n) is 7.01. The Morgan fingerprint density at radius 1 is 1.18 bits per heavy atom. The van der Waals surface area contributed by atoms with Crippen molar-refractivity contribution >= 4 is 34.5 Å². The number of benzene rings is 2. The first-order valence-electron chi connectivity index (χ1n) is 9.79. The maximum Gasteiger partial charge on any atom is 0.387 e. The number of aromatic nitrogens is 3. The minimum Gasteiger partial charge on any atom is -0.435 e. The number of anilines is 1. The van der Waals surface area contributed by atoms with Gasteiger partial charge in [0.05, 0.1) is 27.5 Å². The molecule has 1 atom stereocenters. The first-order chi connectivity index (χ1) is 15.8. The van der Waals surface area contributed by atoms with Gasteiger partial charge in [0, 0.05) is 6.07 Å². The van der Waals surface area contributed by atoms with Gasteiger partial charge in [-0.05, 0) is 50.2 Å². The van der Waals surface area contributed by atoms with Crippen LogP contribution >= 0.6 is 11.8 Å². The fraction of sp³-hybridized carbons (Fsp3) is 0.182. The van der Waals surface area contributed by atoms with Gasteiger partial charge in [0.15, 0.2) is 5.16 Å². The van der Waals surface area contributed by atoms with Crippen molar-refractivity contribution in [2.45, 2.75) is 30.9 Å². The maximum absolute atomic E-state index is 13.3. The average molecular weight is 472 g/mol. The molecule has 4 rings (SSSR count). The SMILES string of the molecule is Cc1cc(NC(=O)C(C)Sc2nc3ccccc3c(=O)n2-c2ccc(OC(F)F)cc2)on1. The van der Waals surface area contributed by atoms with Gasteiger partial charge >= 0.3 is 6.61 Å². The molecule has 1 amide bonds. The number of halogens is 2. The highest BCUT2D eigenvalue weighted by molar-refractivity contribution is 8.00. The number of aryl methyl sites for hydroxylation is 1. The number of alkyl halides is 2.